The first-order valence-electron chi connectivity index (χ1n) is 13.5. The lowest BCUT2D eigenvalue weighted by molar-refractivity contribution is -0.133. The molecular weight excluding hydrogens is 476 g/mol. The maximum atomic E-state index is 13.1. The van der Waals surface area contributed by atoms with Crippen LogP contribution in [-0.2, 0) is 16.1 Å². The third-order valence-electron chi connectivity index (χ3n) is 7.14. The summed E-state index contributed by atoms with van der Waals surface area (Å²) < 4.78 is 5.55. The second-order valence-corrected chi connectivity index (χ2v) is 10.0. The van der Waals surface area contributed by atoms with E-state index in [4.69, 9.17) is 10.5 Å². The Balaban J connectivity index is 1.41. The molecule has 0 radical (unpaired) electrons. The van der Waals surface area contributed by atoms with Gasteiger partial charge in [-0.2, -0.15) is 0 Å². The number of morpholine rings is 1. The van der Waals surface area contributed by atoms with Gasteiger partial charge >= 0.3 is 0 Å². The molecule has 1 saturated heterocycles. The summed E-state index contributed by atoms with van der Waals surface area (Å²) in [6.45, 7) is 4.70. The van der Waals surface area contributed by atoms with Crippen LogP contribution >= 0.6 is 0 Å². The summed E-state index contributed by atoms with van der Waals surface area (Å²) in [4.78, 5) is 30.1. The van der Waals surface area contributed by atoms with E-state index in [0.717, 1.165) is 60.4 Å². The molecule has 0 spiro atoms. The highest BCUT2D eigenvalue weighted by Crippen LogP contribution is 2.34. The largest absolute Gasteiger partial charge is 0.378 e. The van der Waals surface area contributed by atoms with Crippen molar-refractivity contribution in [2.75, 3.05) is 49.6 Å². The van der Waals surface area contributed by atoms with Gasteiger partial charge in [0.1, 0.15) is 0 Å². The van der Waals surface area contributed by atoms with E-state index < -0.39 is 0 Å². The van der Waals surface area contributed by atoms with Gasteiger partial charge in [0.05, 0.1) is 24.6 Å². The Labute approximate surface area is 224 Å². The molecule has 0 unspecified atom stereocenters. The van der Waals surface area contributed by atoms with E-state index in [1.807, 2.05) is 47.4 Å². The van der Waals surface area contributed by atoms with Crippen molar-refractivity contribution >= 4 is 23.2 Å². The highest BCUT2D eigenvalue weighted by atomic mass is 16.5. The second-order valence-electron chi connectivity index (χ2n) is 10.0. The monoisotopic (exact) mass is 512 g/mol. The molecule has 1 heterocycles. The molecule has 5 rings (SSSR count). The minimum Gasteiger partial charge on any atom is -0.378 e. The summed E-state index contributed by atoms with van der Waals surface area (Å²) in [5.41, 5.74) is 11.3. The van der Waals surface area contributed by atoms with Crippen LogP contribution in [0.25, 0.3) is 11.1 Å². The van der Waals surface area contributed by atoms with Crippen molar-refractivity contribution in [3.05, 3.63) is 83.9 Å². The standard InChI is InChI=1S/C31H36N4O3/c32-14-5-15-35(31(37)25-10-11-25)22-23-6-4-9-26(20-23)27-12-13-29(34-16-18-38-19-17-34)28(21-27)33-30(36)24-7-2-1-3-8-24/h1-4,6-9,12-13,20-21,25H,5,10-11,14-19,22,32H2,(H,33,36). The highest BCUT2D eigenvalue weighted by molar-refractivity contribution is 6.06. The van der Waals surface area contributed by atoms with Gasteiger partial charge < -0.3 is 25.6 Å². The number of benzene rings is 3. The first-order chi connectivity index (χ1) is 18.6. The SMILES string of the molecule is NCCCN(Cc1cccc(-c2ccc(N3CCOCC3)c(NC(=O)c3ccccc3)c2)c1)C(=O)C1CC1. The van der Waals surface area contributed by atoms with Gasteiger partial charge in [-0.25, -0.2) is 0 Å². The van der Waals surface area contributed by atoms with Crippen LogP contribution in [0.15, 0.2) is 72.8 Å². The Morgan fingerprint density at radius 3 is 2.45 bits per heavy atom. The number of anilines is 2. The maximum absolute atomic E-state index is 13.1. The summed E-state index contributed by atoms with van der Waals surface area (Å²) >= 11 is 0. The van der Waals surface area contributed by atoms with Gasteiger partial charge in [0.2, 0.25) is 5.91 Å². The minimum absolute atomic E-state index is 0.139. The van der Waals surface area contributed by atoms with Gasteiger partial charge in [0.25, 0.3) is 5.91 Å². The first kappa shape index (κ1) is 25.9. The van der Waals surface area contributed by atoms with Crippen molar-refractivity contribution < 1.29 is 14.3 Å². The average Bonchev–Trinajstić information content (AvgIpc) is 3.82. The normalized spacial score (nSPS) is 15.2. The van der Waals surface area contributed by atoms with Crippen molar-refractivity contribution in [1.82, 2.24) is 4.90 Å². The van der Waals surface area contributed by atoms with Gasteiger partial charge in [0.15, 0.2) is 0 Å². The van der Waals surface area contributed by atoms with Crippen molar-refractivity contribution in [3.63, 3.8) is 0 Å². The van der Waals surface area contributed by atoms with Crippen molar-refractivity contribution in [2.24, 2.45) is 11.7 Å². The zero-order valence-electron chi connectivity index (χ0n) is 21.8. The van der Waals surface area contributed by atoms with E-state index in [2.05, 4.69) is 40.5 Å². The molecule has 7 heteroatoms. The lowest BCUT2D eigenvalue weighted by Gasteiger charge is -2.31. The molecule has 3 aromatic rings. The molecule has 198 valence electrons. The van der Waals surface area contributed by atoms with Gasteiger partial charge in [-0.15, -0.1) is 0 Å². The van der Waals surface area contributed by atoms with Crippen molar-refractivity contribution in [3.8, 4) is 11.1 Å². The van der Waals surface area contributed by atoms with Crippen molar-refractivity contribution in [2.45, 2.75) is 25.8 Å². The summed E-state index contributed by atoms with van der Waals surface area (Å²) in [5.74, 6) is 0.282. The fourth-order valence-corrected chi connectivity index (χ4v) is 4.89. The van der Waals surface area contributed by atoms with Gasteiger partial charge in [-0.05, 0) is 72.8 Å². The number of hydrogen-bond acceptors (Lipinski definition) is 5. The number of ether oxygens (including phenoxy) is 1. The minimum atomic E-state index is -0.139. The topological polar surface area (TPSA) is 87.9 Å². The number of nitrogens with one attached hydrogen (secondary N) is 1. The Morgan fingerprint density at radius 2 is 1.71 bits per heavy atom. The van der Waals surface area contributed by atoms with E-state index in [0.29, 0.717) is 38.4 Å². The van der Waals surface area contributed by atoms with Gasteiger partial charge in [-0.1, -0.05) is 42.5 Å². The van der Waals surface area contributed by atoms with E-state index in [9.17, 15) is 9.59 Å². The maximum Gasteiger partial charge on any atom is 0.255 e. The zero-order chi connectivity index (χ0) is 26.3. The summed E-state index contributed by atoms with van der Waals surface area (Å²) in [6.07, 6.45) is 2.78. The van der Waals surface area contributed by atoms with Crippen LogP contribution in [0, 0.1) is 5.92 Å². The first-order valence-corrected chi connectivity index (χ1v) is 13.5. The molecule has 2 fully saturated rings. The molecule has 2 aliphatic rings. The average molecular weight is 513 g/mol. The number of carbonyl (C=O) groups excluding carboxylic acids is 2. The number of hydrogen-bond donors (Lipinski definition) is 2. The Hall–Kier alpha value is -3.68. The van der Waals surface area contributed by atoms with E-state index >= 15 is 0 Å². The fourth-order valence-electron chi connectivity index (χ4n) is 4.89. The van der Waals surface area contributed by atoms with Crippen LogP contribution < -0.4 is 16.0 Å². The molecule has 2 amide bonds. The molecule has 0 aromatic heterocycles. The van der Waals surface area contributed by atoms with E-state index in [1.54, 1.807) is 0 Å². The molecule has 1 aliphatic heterocycles. The summed E-state index contributed by atoms with van der Waals surface area (Å²) in [6, 6.07) is 23.8. The molecule has 1 saturated carbocycles. The molecule has 1 aliphatic carbocycles. The second kappa shape index (κ2) is 12.2. The molecule has 0 bridgehead atoms. The lowest BCUT2D eigenvalue weighted by atomic mass is 10.0. The third kappa shape index (κ3) is 6.41. The molecule has 3 N–H and O–H groups in total. The number of nitrogens with two attached hydrogens (primary N) is 1. The Morgan fingerprint density at radius 1 is 0.947 bits per heavy atom. The number of nitrogens with zero attached hydrogens (tertiary/aromatic N) is 2. The molecule has 0 atom stereocenters. The van der Waals surface area contributed by atoms with Crippen LogP contribution in [0.2, 0.25) is 0 Å². The van der Waals surface area contributed by atoms with E-state index in [1.165, 1.54) is 0 Å². The third-order valence-corrected chi connectivity index (χ3v) is 7.14. The molecule has 38 heavy (non-hydrogen) atoms. The number of carbonyl (C=O) groups is 2. The molecule has 7 nitrogen and oxygen atoms in total. The predicted molar refractivity (Wildman–Crippen MR) is 151 cm³/mol. The molecule has 3 aromatic carbocycles. The van der Waals surface area contributed by atoms with Crippen LogP contribution in [0.5, 0.6) is 0 Å². The van der Waals surface area contributed by atoms with E-state index in [-0.39, 0.29) is 17.7 Å². The van der Waals surface area contributed by atoms with Crippen LogP contribution in [0.4, 0.5) is 11.4 Å². The Bertz CT molecular complexity index is 1250. The van der Waals surface area contributed by atoms with Crippen LogP contribution in [0.1, 0.15) is 35.2 Å². The zero-order valence-corrected chi connectivity index (χ0v) is 21.8. The number of rotatable bonds is 10. The number of amides is 2. The van der Waals surface area contributed by atoms with Crippen LogP contribution in [-0.4, -0.2) is 56.1 Å². The fraction of sp³-hybridized carbons (Fsp3) is 0.355. The van der Waals surface area contributed by atoms with Gasteiger partial charge in [0, 0.05) is 37.7 Å². The lowest BCUT2D eigenvalue weighted by Crippen LogP contribution is -2.36. The highest BCUT2D eigenvalue weighted by Gasteiger charge is 2.33. The quantitative estimate of drug-likeness (QED) is 0.417. The Kier molecular flexibility index (Phi) is 8.36. The summed E-state index contributed by atoms with van der Waals surface area (Å²) in [5, 5.41) is 3.15. The van der Waals surface area contributed by atoms with Crippen LogP contribution in [0.3, 0.4) is 0 Å². The smallest absolute Gasteiger partial charge is 0.255 e. The summed E-state index contributed by atoms with van der Waals surface area (Å²) in [7, 11) is 0. The van der Waals surface area contributed by atoms with Crippen molar-refractivity contribution in [1.29, 1.82) is 0 Å². The predicted octanol–water partition coefficient (Wildman–Crippen LogP) is 4.53. The van der Waals surface area contributed by atoms with Gasteiger partial charge in [-0.3, -0.25) is 9.59 Å². The molecular formula is C31H36N4O3.